The maximum atomic E-state index is 13.2. The Morgan fingerprint density at radius 3 is 2.43 bits per heavy atom. The quantitative estimate of drug-likeness (QED) is 0.411. The summed E-state index contributed by atoms with van der Waals surface area (Å²) in [6.07, 6.45) is 15.6. The summed E-state index contributed by atoms with van der Waals surface area (Å²) in [7, 11) is 0. The van der Waals surface area contributed by atoms with Gasteiger partial charge < -0.3 is 4.74 Å². The maximum Gasteiger partial charge on any atom is 0.227 e. The number of rotatable bonds is 8. The second kappa shape index (κ2) is 14.2. The van der Waals surface area contributed by atoms with Crippen LogP contribution in [0.15, 0.2) is 48.2 Å². The number of pyridine rings is 1. The summed E-state index contributed by atoms with van der Waals surface area (Å²) in [6, 6.07) is 5.88. The number of hydrogen-bond donors (Lipinski definition) is 0. The van der Waals surface area contributed by atoms with E-state index in [1.165, 1.54) is 18.4 Å². The topological polar surface area (TPSA) is 48.9 Å². The molecule has 0 bridgehead atoms. The van der Waals surface area contributed by atoms with Crippen LogP contribution >= 0.6 is 0 Å². The number of nitrogens with zero attached hydrogens (tertiary/aromatic N) is 4. The Hall–Kier alpha value is -2.02. The Balaban J connectivity index is 0.00000186. The number of carbonyl (C=O) groups excluding carboxylic acids is 1. The Bertz CT molecular complexity index is 886. The lowest BCUT2D eigenvalue weighted by Gasteiger charge is -2.55. The van der Waals surface area contributed by atoms with Crippen molar-refractivity contribution in [3.63, 3.8) is 0 Å². The molecule has 3 fully saturated rings. The highest BCUT2D eigenvalue weighted by Crippen LogP contribution is 2.46. The molecular weight excluding hydrogens is 460 g/mol. The first kappa shape index (κ1) is 29.5. The predicted molar refractivity (Wildman–Crippen MR) is 154 cm³/mol. The number of amides is 1. The molecule has 1 aromatic rings. The van der Waals surface area contributed by atoms with Gasteiger partial charge in [-0.25, -0.2) is 4.98 Å². The molecule has 6 heteroatoms. The second-order valence-corrected chi connectivity index (χ2v) is 10.5. The first-order valence-electron chi connectivity index (χ1n) is 14.6. The van der Waals surface area contributed by atoms with E-state index < -0.39 is 0 Å². The van der Waals surface area contributed by atoms with Crippen molar-refractivity contribution in [3.05, 3.63) is 48.2 Å². The normalized spacial score (nSPS) is 24.7. The third-order valence-electron chi connectivity index (χ3n) is 8.32. The van der Waals surface area contributed by atoms with Crippen LogP contribution in [-0.4, -0.2) is 77.7 Å². The zero-order chi connectivity index (χ0) is 26.7. The first-order valence-corrected chi connectivity index (χ1v) is 14.6. The number of carbonyl (C=O) groups is 1. The van der Waals surface area contributed by atoms with Gasteiger partial charge in [0.15, 0.2) is 0 Å². The molecule has 1 amide bonds. The number of anilines is 1. The lowest BCUT2D eigenvalue weighted by molar-refractivity contribution is -0.141. The smallest absolute Gasteiger partial charge is 0.227 e. The molecule has 0 aromatic carbocycles. The molecule has 0 radical (unpaired) electrons. The molecule has 206 valence electrons. The van der Waals surface area contributed by atoms with Crippen molar-refractivity contribution < 1.29 is 9.53 Å². The fourth-order valence-corrected chi connectivity index (χ4v) is 6.43. The lowest BCUT2D eigenvalue weighted by Crippen LogP contribution is -2.66. The summed E-state index contributed by atoms with van der Waals surface area (Å²) in [5, 5.41) is 0. The van der Waals surface area contributed by atoms with Gasteiger partial charge in [-0.15, -0.1) is 0 Å². The lowest BCUT2D eigenvalue weighted by atomic mass is 9.76. The minimum atomic E-state index is -0.0796. The third kappa shape index (κ3) is 7.30. The molecule has 3 aliphatic rings. The van der Waals surface area contributed by atoms with Crippen molar-refractivity contribution in [2.45, 2.75) is 90.7 Å². The molecule has 4 rings (SSSR count). The molecular formula is C31H50N4O2. The van der Waals surface area contributed by atoms with Gasteiger partial charge in [0.1, 0.15) is 5.82 Å². The van der Waals surface area contributed by atoms with Crippen LogP contribution in [0.1, 0.15) is 79.6 Å². The number of hydrogen-bond acceptors (Lipinski definition) is 5. The zero-order valence-electron chi connectivity index (χ0n) is 24.0. The fraction of sp³-hybridized carbons (Fsp3) is 0.677. The van der Waals surface area contributed by atoms with Gasteiger partial charge in [0.05, 0.1) is 5.60 Å². The predicted octanol–water partition coefficient (Wildman–Crippen LogP) is 5.85. The van der Waals surface area contributed by atoms with Crippen molar-refractivity contribution in [1.29, 1.82) is 0 Å². The Morgan fingerprint density at radius 2 is 1.84 bits per heavy atom. The standard InChI is InChI=1S/C29H44N4O2.C2H6/c1-4-11-25(5-2)22-31-17-19-32(20-18-31)28(15-21-35-29(23-28)13-8-9-14-29)24-33(27(34)6-3)26-12-7-10-16-30-26;1-2/h4-5,7,10-12,16H,6,8-9,13-15,17-24H2,1-3H3;1-2H3/b11-4-,25-5+;. The molecule has 1 aliphatic carbocycles. The minimum Gasteiger partial charge on any atom is -0.375 e. The van der Waals surface area contributed by atoms with Crippen molar-refractivity contribution in [2.75, 3.05) is 50.8 Å². The number of aromatic nitrogens is 1. The number of allylic oxidation sites excluding steroid dienone is 2. The van der Waals surface area contributed by atoms with Crippen LogP contribution in [0.4, 0.5) is 5.82 Å². The van der Waals surface area contributed by atoms with Gasteiger partial charge >= 0.3 is 0 Å². The van der Waals surface area contributed by atoms with E-state index in [9.17, 15) is 4.79 Å². The average molecular weight is 511 g/mol. The molecule has 1 unspecified atom stereocenters. The van der Waals surface area contributed by atoms with E-state index in [1.807, 2.05) is 43.9 Å². The molecule has 0 N–H and O–H groups in total. The molecule has 2 saturated heterocycles. The van der Waals surface area contributed by atoms with Crippen LogP contribution in [0.3, 0.4) is 0 Å². The van der Waals surface area contributed by atoms with Crippen molar-refractivity contribution in [3.8, 4) is 0 Å². The van der Waals surface area contributed by atoms with Gasteiger partial charge in [0.25, 0.3) is 0 Å². The molecule has 2 aliphatic heterocycles. The van der Waals surface area contributed by atoms with Gasteiger partial charge in [-0.3, -0.25) is 19.5 Å². The van der Waals surface area contributed by atoms with E-state index in [0.717, 1.165) is 70.8 Å². The Morgan fingerprint density at radius 1 is 1.11 bits per heavy atom. The van der Waals surface area contributed by atoms with E-state index in [2.05, 4.69) is 46.9 Å². The molecule has 1 saturated carbocycles. The SMILES string of the molecule is C/C=C\C(=C/C)CN1CCN(C2(CN(C(=O)CC)c3ccccn3)CCOC3(CCCC3)C2)CC1.CC. The minimum absolute atomic E-state index is 0.0233. The molecule has 37 heavy (non-hydrogen) atoms. The average Bonchev–Trinajstić information content (AvgIpc) is 3.40. The van der Waals surface area contributed by atoms with E-state index in [4.69, 9.17) is 4.74 Å². The Labute approximate surface area is 225 Å². The van der Waals surface area contributed by atoms with E-state index in [-0.39, 0.29) is 17.0 Å². The number of piperazine rings is 1. The van der Waals surface area contributed by atoms with Gasteiger partial charge in [-0.05, 0) is 57.2 Å². The highest BCUT2D eigenvalue weighted by Gasteiger charge is 2.51. The van der Waals surface area contributed by atoms with Crippen molar-refractivity contribution >= 4 is 11.7 Å². The van der Waals surface area contributed by atoms with Crippen LogP contribution in [0.25, 0.3) is 0 Å². The summed E-state index contributed by atoms with van der Waals surface area (Å²) in [5.41, 5.74) is 1.27. The van der Waals surface area contributed by atoms with Crippen molar-refractivity contribution in [1.82, 2.24) is 14.8 Å². The van der Waals surface area contributed by atoms with Crippen LogP contribution in [0.5, 0.6) is 0 Å². The van der Waals surface area contributed by atoms with E-state index in [0.29, 0.717) is 13.0 Å². The van der Waals surface area contributed by atoms with Crippen LogP contribution < -0.4 is 4.90 Å². The highest BCUT2D eigenvalue weighted by molar-refractivity contribution is 5.92. The molecule has 1 aromatic heterocycles. The van der Waals surface area contributed by atoms with Gasteiger partial charge in [0, 0.05) is 64.0 Å². The van der Waals surface area contributed by atoms with Gasteiger partial charge in [0.2, 0.25) is 5.91 Å². The summed E-state index contributed by atoms with van der Waals surface area (Å²) >= 11 is 0. The van der Waals surface area contributed by atoms with Crippen LogP contribution in [0, 0.1) is 0 Å². The van der Waals surface area contributed by atoms with E-state index >= 15 is 0 Å². The van der Waals surface area contributed by atoms with Crippen LogP contribution in [-0.2, 0) is 9.53 Å². The maximum absolute atomic E-state index is 13.2. The fourth-order valence-electron chi connectivity index (χ4n) is 6.43. The monoisotopic (exact) mass is 510 g/mol. The number of ether oxygens (including phenoxy) is 1. The third-order valence-corrected chi connectivity index (χ3v) is 8.32. The molecule has 3 heterocycles. The molecule has 1 spiro atoms. The van der Waals surface area contributed by atoms with Crippen LogP contribution in [0.2, 0.25) is 0 Å². The summed E-state index contributed by atoms with van der Waals surface area (Å²) < 4.78 is 6.49. The van der Waals surface area contributed by atoms with Gasteiger partial charge in [-0.2, -0.15) is 0 Å². The Kier molecular flexibility index (Phi) is 11.4. The van der Waals surface area contributed by atoms with E-state index in [1.54, 1.807) is 6.20 Å². The van der Waals surface area contributed by atoms with Crippen molar-refractivity contribution in [2.24, 2.45) is 0 Å². The summed E-state index contributed by atoms with van der Waals surface area (Å²) in [6.45, 7) is 16.8. The summed E-state index contributed by atoms with van der Waals surface area (Å²) in [4.78, 5) is 25.0. The largest absolute Gasteiger partial charge is 0.375 e. The molecule has 1 atom stereocenters. The second-order valence-electron chi connectivity index (χ2n) is 10.5. The zero-order valence-corrected chi connectivity index (χ0v) is 24.0. The van der Waals surface area contributed by atoms with Gasteiger partial charge in [-0.1, -0.05) is 57.9 Å². The molecule has 6 nitrogen and oxygen atoms in total. The highest BCUT2D eigenvalue weighted by atomic mass is 16.5. The first-order chi connectivity index (χ1) is 18.0. The summed E-state index contributed by atoms with van der Waals surface area (Å²) in [5.74, 6) is 0.922.